The summed E-state index contributed by atoms with van der Waals surface area (Å²) in [7, 11) is 1.45. The van der Waals surface area contributed by atoms with Crippen LogP contribution >= 0.6 is 0 Å². The number of carbonyl (C=O) groups excluding carboxylic acids is 1. The summed E-state index contributed by atoms with van der Waals surface area (Å²) >= 11 is 0. The fourth-order valence-electron chi connectivity index (χ4n) is 1.68. The van der Waals surface area contributed by atoms with E-state index in [0.29, 0.717) is 6.04 Å². The molecule has 0 radical (unpaired) electrons. The Labute approximate surface area is 93.8 Å². The fraction of sp³-hybridized carbons (Fsp3) is 0.917. The highest BCUT2D eigenvalue weighted by atomic mass is 16.5. The second-order valence-corrected chi connectivity index (χ2v) is 4.05. The molecule has 0 aromatic heterocycles. The van der Waals surface area contributed by atoms with Crippen molar-refractivity contribution < 1.29 is 9.53 Å². The van der Waals surface area contributed by atoms with Gasteiger partial charge in [-0.15, -0.1) is 0 Å². The van der Waals surface area contributed by atoms with Crippen molar-refractivity contribution in [3.05, 3.63) is 0 Å². The SMILES string of the molecule is CCCCN(C(C)CC)C(C)C(=O)OC. The third-order valence-electron chi connectivity index (χ3n) is 2.97. The monoisotopic (exact) mass is 215 g/mol. The molecule has 0 spiro atoms. The van der Waals surface area contributed by atoms with E-state index in [1.807, 2.05) is 6.92 Å². The van der Waals surface area contributed by atoms with Gasteiger partial charge >= 0.3 is 5.97 Å². The van der Waals surface area contributed by atoms with Crippen LogP contribution in [0.25, 0.3) is 0 Å². The van der Waals surface area contributed by atoms with E-state index in [4.69, 9.17) is 4.74 Å². The fourth-order valence-corrected chi connectivity index (χ4v) is 1.68. The molecule has 0 saturated heterocycles. The maximum Gasteiger partial charge on any atom is 0.322 e. The summed E-state index contributed by atoms with van der Waals surface area (Å²) in [4.78, 5) is 13.7. The highest BCUT2D eigenvalue weighted by Crippen LogP contribution is 2.11. The minimum atomic E-state index is -0.133. The van der Waals surface area contributed by atoms with Gasteiger partial charge in [-0.1, -0.05) is 20.3 Å². The standard InChI is InChI=1S/C12H25NO2/c1-6-8-9-13(10(3)7-2)11(4)12(14)15-5/h10-11H,6-9H2,1-5H3. The maximum atomic E-state index is 11.5. The third-order valence-corrected chi connectivity index (χ3v) is 2.97. The van der Waals surface area contributed by atoms with E-state index < -0.39 is 0 Å². The molecule has 2 unspecified atom stereocenters. The van der Waals surface area contributed by atoms with Crippen LogP contribution in [0.4, 0.5) is 0 Å². The van der Waals surface area contributed by atoms with Gasteiger partial charge in [0.25, 0.3) is 0 Å². The second kappa shape index (κ2) is 7.69. The lowest BCUT2D eigenvalue weighted by atomic mass is 10.1. The van der Waals surface area contributed by atoms with E-state index in [-0.39, 0.29) is 12.0 Å². The number of unbranched alkanes of at least 4 members (excludes halogenated alkanes) is 1. The van der Waals surface area contributed by atoms with E-state index >= 15 is 0 Å². The zero-order valence-electron chi connectivity index (χ0n) is 10.7. The van der Waals surface area contributed by atoms with Crippen molar-refractivity contribution in [2.45, 2.75) is 59.0 Å². The zero-order chi connectivity index (χ0) is 11.8. The molecule has 0 bridgehead atoms. The summed E-state index contributed by atoms with van der Waals surface area (Å²) in [5.74, 6) is -0.133. The van der Waals surface area contributed by atoms with Crippen LogP contribution in [0, 0.1) is 0 Å². The van der Waals surface area contributed by atoms with E-state index in [1.54, 1.807) is 0 Å². The third kappa shape index (κ3) is 4.65. The molecule has 0 aliphatic rings. The molecule has 0 heterocycles. The molecule has 0 aromatic rings. The number of esters is 1. The Balaban J connectivity index is 4.39. The molecule has 3 heteroatoms. The molecular weight excluding hydrogens is 190 g/mol. The van der Waals surface area contributed by atoms with E-state index in [0.717, 1.165) is 25.8 Å². The lowest BCUT2D eigenvalue weighted by Crippen LogP contribution is -2.45. The molecule has 0 amide bonds. The molecule has 0 aliphatic carbocycles. The largest absolute Gasteiger partial charge is 0.468 e. The molecule has 0 aromatic carbocycles. The van der Waals surface area contributed by atoms with Crippen molar-refractivity contribution in [2.75, 3.05) is 13.7 Å². The first-order valence-corrected chi connectivity index (χ1v) is 5.91. The van der Waals surface area contributed by atoms with Gasteiger partial charge in [0.05, 0.1) is 7.11 Å². The first-order chi connectivity index (χ1) is 7.08. The van der Waals surface area contributed by atoms with Crippen LogP contribution in [0.2, 0.25) is 0 Å². The normalized spacial score (nSPS) is 15.1. The number of methoxy groups -OCH3 is 1. The van der Waals surface area contributed by atoms with Crippen molar-refractivity contribution in [3.8, 4) is 0 Å². The van der Waals surface area contributed by atoms with E-state index in [1.165, 1.54) is 7.11 Å². The van der Waals surface area contributed by atoms with Crippen molar-refractivity contribution in [1.82, 2.24) is 4.90 Å². The van der Waals surface area contributed by atoms with Crippen LogP contribution in [-0.2, 0) is 9.53 Å². The average Bonchev–Trinajstić information content (AvgIpc) is 2.27. The Kier molecular flexibility index (Phi) is 7.39. The number of carbonyl (C=O) groups is 1. The van der Waals surface area contributed by atoms with E-state index in [9.17, 15) is 4.79 Å². The van der Waals surface area contributed by atoms with Crippen molar-refractivity contribution in [3.63, 3.8) is 0 Å². The van der Waals surface area contributed by atoms with Gasteiger partial charge in [-0.05, 0) is 33.2 Å². The summed E-state index contributed by atoms with van der Waals surface area (Å²) in [6, 6.07) is 0.308. The first-order valence-electron chi connectivity index (χ1n) is 5.91. The molecule has 0 N–H and O–H groups in total. The molecule has 2 atom stereocenters. The van der Waals surface area contributed by atoms with Gasteiger partial charge in [0.2, 0.25) is 0 Å². The molecule has 90 valence electrons. The van der Waals surface area contributed by atoms with Crippen LogP contribution in [0.3, 0.4) is 0 Å². The topological polar surface area (TPSA) is 29.5 Å². The summed E-state index contributed by atoms with van der Waals surface area (Å²) in [5, 5.41) is 0. The Bertz CT molecular complexity index is 182. The number of nitrogens with zero attached hydrogens (tertiary/aromatic N) is 1. The smallest absolute Gasteiger partial charge is 0.322 e. The van der Waals surface area contributed by atoms with Crippen molar-refractivity contribution in [2.24, 2.45) is 0 Å². The van der Waals surface area contributed by atoms with Crippen LogP contribution < -0.4 is 0 Å². The van der Waals surface area contributed by atoms with Crippen LogP contribution in [0.1, 0.15) is 47.0 Å². The quantitative estimate of drug-likeness (QED) is 0.611. The van der Waals surface area contributed by atoms with Gasteiger partial charge in [0.1, 0.15) is 6.04 Å². The van der Waals surface area contributed by atoms with Gasteiger partial charge < -0.3 is 4.74 Å². The number of hydrogen-bond acceptors (Lipinski definition) is 3. The summed E-state index contributed by atoms with van der Waals surface area (Å²) in [6.07, 6.45) is 3.34. The maximum absolute atomic E-state index is 11.5. The van der Waals surface area contributed by atoms with E-state index in [2.05, 4.69) is 25.7 Å². The minimum Gasteiger partial charge on any atom is -0.468 e. The predicted octanol–water partition coefficient (Wildman–Crippen LogP) is 2.45. The molecular formula is C12H25NO2. The van der Waals surface area contributed by atoms with Gasteiger partial charge in [0, 0.05) is 6.04 Å². The lowest BCUT2D eigenvalue weighted by Gasteiger charge is -2.32. The predicted molar refractivity (Wildman–Crippen MR) is 62.8 cm³/mol. The number of hydrogen-bond donors (Lipinski definition) is 0. The van der Waals surface area contributed by atoms with Crippen molar-refractivity contribution >= 4 is 5.97 Å². The second-order valence-electron chi connectivity index (χ2n) is 4.05. The van der Waals surface area contributed by atoms with Crippen LogP contribution in [0.5, 0.6) is 0 Å². The average molecular weight is 215 g/mol. The Hall–Kier alpha value is -0.570. The Morgan fingerprint density at radius 1 is 1.33 bits per heavy atom. The molecule has 15 heavy (non-hydrogen) atoms. The van der Waals surface area contributed by atoms with Gasteiger partial charge in [-0.2, -0.15) is 0 Å². The Morgan fingerprint density at radius 3 is 2.33 bits per heavy atom. The van der Waals surface area contributed by atoms with Crippen LogP contribution in [0.15, 0.2) is 0 Å². The minimum absolute atomic E-state index is 0.128. The highest BCUT2D eigenvalue weighted by molar-refractivity contribution is 5.75. The van der Waals surface area contributed by atoms with Crippen molar-refractivity contribution in [1.29, 1.82) is 0 Å². The summed E-state index contributed by atoms with van der Waals surface area (Å²) < 4.78 is 4.79. The molecule has 0 rings (SSSR count). The molecule has 3 nitrogen and oxygen atoms in total. The molecule has 0 fully saturated rings. The summed E-state index contributed by atoms with van der Waals surface area (Å²) in [6.45, 7) is 9.37. The number of ether oxygens (including phenoxy) is 1. The highest BCUT2D eigenvalue weighted by Gasteiger charge is 2.24. The molecule has 0 saturated carbocycles. The number of rotatable bonds is 7. The zero-order valence-corrected chi connectivity index (χ0v) is 10.7. The van der Waals surface area contributed by atoms with Gasteiger partial charge in [-0.25, -0.2) is 0 Å². The Morgan fingerprint density at radius 2 is 1.93 bits per heavy atom. The van der Waals surface area contributed by atoms with Gasteiger partial charge in [-0.3, -0.25) is 9.69 Å². The van der Waals surface area contributed by atoms with Crippen LogP contribution in [-0.4, -0.2) is 36.6 Å². The molecule has 0 aliphatic heterocycles. The van der Waals surface area contributed by atoms with Gasteiger partial charge in [0.15, 0.2) is 0 Å². The summed E-state index contributed by atoms with van der Waals surface area (Å²) in [5.41, 5.74) is 0. The first kappa shape index (κ1) is 14.4. The lowest BCUT2D eigenvalue weighted by molar-refractivity contribution is -0.147.